The van der Waals surface area contributed by atoms with Crippen molar-refractivity contribution in [3.05, 3.63) is 30.1 Å². The number of aryl methyl sites for hydroxylation is 1. The second-order valence-electron chi connectivity index (χ2n) is 5.19. The molecule has 1 amide bonds. The molecule has 1 aromatic rings. The minimum absolute atomic E-state index is 0.0349. The summed E-state index contributed by atoms with van der Waals surface area (Å²) in [7, 11) is -3.46. The van der Waals surface area contributed by atoms with Crippen molar-refractivity contribution in [2.45, 2.75) is 19.3 Å². The fourth-order valence-electron chi connectivity index (χ4n) is 2.48. The van der Waals surface area contributed by atoms with Crippen LogP contribution < -0.4 is 5.14 Å². The van der Waals surface area contributed by atoms with Crippen LogP contribution in [0.2, 0.25) is 0 Å². The summed E-state index contributed by atoms with van der Waals surface area (Å²) in [5, 5.41) is 5.03. The van der Waals surface area contributed by atoms with E-state index in [0.29, 0.717) is 32.4 Å². The number of nitrogens with zero attached hydrogens (tertiary/aromatic N) is 2. The number of aromatic nitrogens is 1. The predicted octanol–water partition coefficient (Wildman–Crippen LogP) is 0.151. The number of nitrogens with two attached hydrogens (primary N) is 1. The molecular formula is C13H19N3O3S. The van der Waals surface area contributed by atoms with Crippen LogP contribution in [-0.2, 0) is 21.2 Å². The third kappa shape index (κ3) is 4.57. The van der Waals surface area contributed by atoms with Crippen LogP contribution in [0, 0.1) is 5.92 Å². The zero-order valence-corrected chi connectivity index (χ0v) is 12.1. The molecule has 0 bridgehead atoms. The number of primary sulfonamides is 1. The van der Waals surface area contributed by atoms with E-state index in [1.165, 1.54) is 0 Å². The van der Waals surface area contributed by atoms with Crippen molar-refractivity contribution in [2.75, 3.05) is 18.8 Å². The van der Waals surface area contributed by atoms with Gasteiger partial charge in [-0.3, -0.25) is 9.78 Å². The lowest BCUT2D eigenvalue weighted by molar-refractivity contribution is -0.130. The van der Waals surface area contributed by atoms with Crippen molar-refractivity contribution in [3.63, 3.8) is 0 Å². The number of sulfonamides is 1. The molecule has 0 saturated carbocycles. The molecule has 1 aliphatic rings. The highest BCUT2D eigenvalue weighted by molar-refractivity contribution is 7.89. The summed E-state index contributed by atoms with van der Waals surface area (Å²) >= 11 is 0. The summed E-state index contributed by atoms with van der Waals surface area (Å²) in [6, 6.07) is 3.78. The van der Waals surface area contributed by atoms with Gasteiger partial charge in [-0.1, -0.05) is 6.07 Å². The summed E-state index contributed by atoms with van der Waals surface area (Å²) in [5.74, 6) is -0.0162. The topological polar surface area (TPSA) is 93.4 Å². The second kappa shape index (κ2) is 6.32. The Balaban J connectivity index is 1.80. The molecule has 0 aliphatic carbocycles. The number of hydrogen-bond donors (Lipinski definition) is 1. The second-order valence-corrected chi connectivity index (χ2v) is 6.84. The van der Waals surface area contributed by atoms with E-state index in [9.17, 15) is 13.2 Å². The van der Waals surface area contributed by atoms with Crippen LogP contribution in [0.4, 0.5) is 0 Å². The van der Waals surface area contributed by atoms with E-state index in [1.54, 1.807) is 17.3 Å². The van der Waals surface area contributed by atoms with E-state index in [-0.39, 0.29) is 17.6 Å². The van der Waals surface area contributed by atoms with Crippen LogP contribution >= 0.6 is 0 Å². The molecule has 2 rings (SSSR count). The van der Waals surface area contributed by atoms with Gasteiger partial charge in [0.2, 0.25) is 15.9 Å². The van der Waals surface area contributed by atoms with Crippen molar-refractivity contribution >= 4 is 15.9 Å². The van der Waals surface area contributed by atoms with Crippen LogP contribution in [0.5, 0.6) is 0 Å². The number of carbonyl (C=O) groups excluding carboxylic acids is 1. The number of amides is 1. The third-order valence-electron chi connectivity index (χ3n) is 3.46. The van der Waals surface area contributed by atoms with Crippen LogP contribution in [0.25, 0.3) is 0 Å². The number of carbonyl (C=O) groups is 1. The highest BCUT2D eigenvalue weighted by Gasteiger charge is 2.28. The molecular weight excluding hydrogens is 278 g/mol. The largest absolute Gasteiger partial charge is 0.342 e. The molecule has 2 heterocycles. The number of hydrogen-bond acceptors (Lipinski definition) is 4. The van der Waals surface area contributed by atoms with Gasteiger partial charge in [-0.05, 0) is 30.4 Å². The zero-order valence-electron chi connectivity index (χ0n) is 11.2. The van der Waals surface area contributed by atoms with Crippen LogP contribution in [0.3, 0.4) is 0 Å². The number of rotatable bonds is 5. The fraction of sp³-hybridized carbons (Fsp3) is 0.538. The molecule has 110 valence electrons. The summed E-state index contributed by atoms with van der Waals surface area (Å²) in [4.78, 5) is 17.8. The van der Waals surface area contributed by atoms with Gasteiger partial charge in [-0.25, -0.2) is 13.6 Å². The molecule has 1 saturated heterocycles. The Kier molecular flexibility index (Phi) is 4.72. The van der Waals surface area contributed by atoms with E-state index in [4.69, 9.17) is 5.14 Å². The molecule has 6 nitrogen and oxygen atoms in total. The minimum Gasteiger partial charge on any atom is -0.342 e. The van der Waals surface area contributed by atoms with Crippen molar-refractivity contribution < 1.29 is 13.2 Å². The van der Waals surface area contributed by atoms with Gasteiger partial charge >= 0.3 is 0 Å². The summed E-state index contributed by atoms with van der Waals surface area (Å²) < 4.78 is 22.1. The Bertz CT molecular complexity index is 559. The van der Waals surface area contributed by atoms with E-state index in [0.717, 1.165) is 5.56 Å². The lowest BCUT2D eigenvalue weighted by atomic mass is 10.1. The molecule has 0 spiro atoms. The van der Waals surface area contributed by atoms with E-state index < -0.39 is 10.0 Å². The molecule has 0 radical (unpaired) electrons. The molecule has 20 heavy (non-hydrogen) atoms. The molecule has 2 N–H and O–H groups in total. The van der Waals surface area contributed by atoms with Gasteiger partial charge in [0.25, 0.3) is 0 Å². The van der Waals surface area contributed by atoms with Crippen molar-refractivity contribution in [1.29, 1.82) is 0 Å². The van der Waals surface area contributed by atoms with E-state index in [1.807, 2.05) is 12.1 Å². The first-order valence-corrected chi connectivity index (χ1v) is 8.33. The molecule has 1 aliphatic heterocycles. The van der Waals surface area contributed by atoms with Gasteiger partial charge in [0, 0.05) is 31.9 Å². The maximum Gasteiger partial charge on any atom is 0.222 e. The third-order valence-corrected chi connectivity index (χ3v) is 4.39. The predicted molar refractivity (Wildman–Crippen MR) is 75.2 cm³/mol. The lowest BCUT2D eigenvalue weighted by Crippen LogP contribution is -2.30. The van der Waals surface area contributed by atoms with Gasteiger partial charge in [0.1, 0.15) is 0 Å². The maximum absolute atomic E-state index is 12.1. The smallest absolute Gasteiger partial charge is 0.222 e. The molecule has 1 atom stereocenters. The Hall–Kier alpha value is -1.47. The average Bonchev–Trinajstić information content (AvgIpc) is 2.83. The number of likely N-dealkylation sites (tertiary alicyclic amines) is 1. The van der Waals surface area contributed by atoms with E-state index in [2.05, 4.69) is 4.98 Å². The molecule has 1 aromatic heterocycles. The fourth-order valence-corrected chi connectivity index (χ4v) is 3.41. The monoisotopic (exact) mass is 297 g/mol. The van der Waals surface area contributed by atoms with Gasteiger partial charge in [0.15, 0.2) is 0 Å². The standard InChI is InChI=1S/C13H19N3O3S/c14-20(18,19)10-12-5-7-16(9-12)13(17)4-3-11-2-1-6-15-8-11/h1-2,6,8,12H,3-5,7,9-10H2,(H2,14,18,19)/t12-/m0/s1. The average molecular weight is 297 g/mol. The molecule has 0 aromatic carbocycles. The Labute approximate surface area is 119 Å². The summed E-state index contributed by atoms with van der Waals surface area (Å²) in [6.07, 6.45) is 5.23. The summed E-state index contributed by atoms with van der Waals surface area (Å²) in [5.41, 5.74) is 1.03. The quantitative estimate of drug-likeness (QED) is 0.837. The summed E-state index contributed by atoms with van der Waals surface area (Å²) in [6.45, 7) is 1.11. The van der Waals surface area contributed by atoms with E-state index >= 15 is 0 Å². The molecule has 7 heteroatoms. The molecule has 1 fully saturated rings. The van der Waals surface area contributed by atoms with Crippen molar-refractivity contribution in [1.82, 2.24) is 9.88 Å². The normalized spacial score (nSPS) is 19.2. The van der Waals surface area contributed by atoms with Crippen molar-refractivity contribution in [3.8, 4) is 0 Å². The van der Waals surface area contributed by atoms with Crippen molar-refractivity contribution in [2.24, 2.45) is 11.1 Å². The minimum atomic E-state index is -3.46. The van der Waals surface area contributed by atoms with Gasteiger partial charge in [0.05, 0.1) is 5.75 Å². The van der Waals surface area contributed by atoms with Crippen LogP contribution in [0.15, 0.2) is 24.5 Å². The Morgan fingerprint density at radius 2 is 2.30 bits per heavy atom. The van der Waals surface area contributed by atoms with Gasteiger partial charge in [-0.2, -0.15) is 0 Å². The van der Waals surface area contributed by atoms with Gasteiger partial charge in [-0.15, -0.1) is 0 Å². The lowest BCUT2D eigenvalue weighted by Gasteiger charge is -2.16. The highest BCUT2D eigenvalue weighted by Crippen LogP contribution is 2.18. The van der Waals surface area contributed by atoms with Crippen LogP contribution in [-0.4, -0.2) is 43.1 Å². The molecule has 0 unspecified atom stereocenters. The zero-order chi connectivity index (χ0) is 14.6. The first-order chi connectivity index (χ1) is 9.44. The first kappa shape index (κ1) is 14.9. The Morgan fingerprint density at radius 3 is 2.95 bits per heavy atom. The SMILES string of the molecule is NS(=O)(=O)C[C@H]1CCN(C(=O)CCc2cccnc2)C1. The number of pyridine rings is 1. The van der Waals surface area contributed by atoms with Gasteiger partial charge < -0.3 is 4.90 Å². The first-order valence-electron chi connectivity index (χ1n) is 6.61. The van der Waals surface area contributed by atoms with Crippen LogP contribution in [0.1, 0.15) is 18.4 Å². The Morgan fingerprint density at radius 1 is 1.50 bits per heavy atom. The maximum atomic E-state index is 12.1. The highest BCUT2D eigenvalue weighted by atomic mass is 32.2.